The van der Waals surface area contributed by atoms with Crippen molar-refractivity contribution in [3.05, 3.63) is 28.8 Å². The van der Waals surface area contributed by atoms with Gasteiger partial charge in [-0.05, 0) is 56.4 Å². The lowest BCUT2D eigenvalue weighted by Gasteiger charge is -2.27. The molecule has 0 atom stereocenters. The molecule has 18 heavy (non-hydrogen) atoms. The van der Waals surface area contributed by atoms with Gasteiger partial charge in [-0.3, -0.25) is 4.79 Å². The topological polar surface area (TPSA) is 29.5 Å². The Balaban J connectivity index is 2.31. The molecule has 3 nitrogen and oxygen atoms in total. The largest absolute Gasteiger partial charge is 0.496 e. The molecule has 3 heteroatoms. The number of carbonyl (C=O) groups excluding carboxylic acids is 1. The van der Waals surface area contributed by atoms with Crippen LogP contribution in [0.25, 0.3) is 0 Å². The second-order valence-electron chi connectivity index (χ2n) is 4.99. The van der Waals surface area contributed by atoms with Gasteiger partial charge in [-0.2, -0.15) is 0 Å². The maximum atomic E-state index is 12.5. The van der Waals surface area contributed by atoms with Gasteiger partial charge >= 0.3 is 0 Å². The fraction of sp³-hybridized carbons (Fsp3) is 0.533. The van der Waals surface area contributed by atoms with E-state index in [0.717, 1.165) is 37.1 Å². The van der Waals surface area contributed by atoms with E-state index in [-0.39, 0.29) is 5.91 Å². The number of aryl methyl sites for hydroxylation is 2. The molecule has 0 aliphatic carbocycles. The number of benzene rings is 1. The molecule has 1 amide bonds. The number of likely N-dealkylation sites (tertiary alicyclic amines) is 1. The van der Waals surface area contributed by atoms with E-state index in [1.165, 1.54) is 6.42 Å². The average Bonchev–Trinajstić information content (AvgIpc) is 2.41. The summed E-state index contributed by atoms with van der Waals surface area (Å²) in [6.45, 7) is 5.80. The van der Waals surface area contributed by atoms with Crippen molar-refractivity contribution in [3.8, 4) is 5.75 Å². The third kappa shape index (κ3) is 2.50. The van der Waals surface area contributed by atoms with E-state index in [0.29, 0.717) is 11.3 Å². The number of hydrogen-bond donors (Lipinski definition) is 0. The van der Waals surface area contributed by atoms with Crippen molar-refractivity contribution in [2.75, 3.05) is 20.2 Å². The van der Waals surface area contributed by atoms with E-state index < -0.39 is 0 Å². The Morgan fingerprint density at radius 1 is 1.11 bits per heavy atom. The van der Waals surface area contributed by atoms with E-state index in [4.69, 9.17) is 4.74 Å². The summed E-state index contributed by atoms with van der Waals surface area (Å²) in [7, 11) is 1.62. The zero-order valence-electron chi connectivity index (χ0n) is 11.5. The third-order valence-electron chi connectivity index (χ3n) is 3.69. The minimum Gasteiger partial charge on any atom is -0.496 e. The molecule has 0 aromatic heterocycles. The van der Waals surface area contributed by atoms with Crippen molar-refractivity contribution in [1.29, 1.82) is 0 Å². The lowest BCUT2D eigenvalue weighted by molar-refractivity contribution is 0.0721. The lowest BCUT2D eigenvalue weighted by Crippen LogP contribution is -2.35. The monoisotopic (exact) mass is 247 g/mol. The normalized spacial score (nSPS) is 15.6. The smallest absolute Gasteiger partial charge is 0.257 e. The molecular weight excluding hydrogens is 226 g/mol. The molecule has 0 radical (unpaired) electrons. The van der Waals surface area contributed by atoms with E-state index in [1.807, 2.05) is 30.9 Å². The fourth-order valence-corrected chi connectivity index (χ4v) is 2.39. The van der Waals surface area contributed by atoms with Crippen LogP contribution in [0.1, 0.15) is 40.7 Å². The number of piperidine rings is 1. The van der Waals surface area contributed by atoms with Crippen LogP contribution < -0.4 is 4.74 Å². The molecule has 0 bridgehead atoms. The molecule has 1 heterocycles. The maximum Gasteiger partial charge on any atom is 0.257 e. The molecule has 1 aliphatic rings. The highest BCUT2D eigenvalue weighted by Crippen LogP contribution is 2.25. The Kier molecular flexibility index (Phi) is 3.90. The number of carbonyl (C=O) groups is 1. The van der Waals surface area contributed by atoms with E-state index in [2.05, 4.69) is 0 Å². The molecule has 1 aromatic carbocycles. The zero-order valence-corrected chi connectivity index (χ0v) is 11.5. The number of amides is 1. The number of nitrogens with zero attached hydrogens (tertiary/aromatic N) is 1. The first-order chi connectivity index (χ1) is 8.63. The van der Waals surface area contributed by atoms with Gasteiger partial charge in [0.05, 0.1) is 12.7 Å². The fourth-order valence-electron chi connectivity index (χ4n) is 2.39. The lowest BCUT2D eigenvalue weighted by atomic mass is 10.0. The maximum absolute atomic E-state index is 12.5. The van der Waals surface area contributed by atoms with Crippen LogP contribution in [0.5, 0.6) is 5.75 Å². The Bertz CT molecular complexity index is 448. The van der Waals surface area contributed by atoms with Gasteiger partial charge in [-0.1, -0.05) is 0 Å². The van der Waals surface area contributed by atoms with Gasteiger partial charge < -0.3 is 9.64 Å². The van der Waals surface area contributed by atoms with Gasteiger partial charge in [-0.25, -0.2) is 0 Å². The van der Waals surface area contributed by atoms with Crippen LogP contribution in [0, 0.1) is 13.8 Å². The minimum absolute atomic E-state index is 0.106. The van der Waals surface area contributed by atoms with Gasteiger partial charge in [0.15, 0.2) is 0 Å². The van der Waals surface area contributed by atoms with Gasteiger partial charge in [0.25, 0.3) is 5.91 Å². The second kappa shape index (κ2) is 5.42. The molecule has 1 aliphatic heterocycles. The highest BCUT2D eigenvalue weighted by Gasteiger charge is 2.21. The summed E-state index contributed by atoms with van der Waals surface area (Å²) in [5.41, 5.74) is 2.99. The zero-order chi connectivity index (χ0) is 13.1. The summed E-state index contributed by atoms with van der Waals surface area (Å²) in [6, 6.07) is 3.90. The summed E-state index contributed by atoms with van der Waals surface area (Å²) in [6.07, 6.45) is 3.45. The Morgan fingerprint density at radius 2 is 1.72 bits per heavy atom. The highest BCUT2D eigenvalue weighted by atomic mass is 16.5. The van der Waals surface area contributed by atoms with Crippen LogP contribution in [0.3, 0.4) is 0 Å². The molecule has 1 fully saturated rings. The molecule has 0 saturated carbocycles. The number of ether oxygens (including phenoxy) is 1. The number of methoxy groups -OCH3 is 1. The first-order valence-corrected chi connectivity index (χ1v) is 6.58. The van der Waals surface area contributed by atoms with Gasteiger partial charge in [0, 0.05) is 13.1 Å². The van der Waals surface area contributed by atoms with Crippen LogP contribution in [0.15, 0.2) is 12.1 Å². The van der Waals surface area contributed by atoms with Crippen LogP contribution in [0.4, 0.5) is 0 Å². The predicted octanol–water partition coefficient (Wildman–Crippen LogP) is 2.94. The van der Waals surface area contributed by atoms with Crippen molar-refractivity contribution in [2.24, 2.45) is 0 Å². The first kappa shape index (κ1) is 12.9. The van der Waals surface area contributed by atoms with Crippen LogP contribution >= 0.6 is 0 Å². The van der Waals surface area contributed by atoms with Crippen LogP contribution in [-0.4, -0.2) is 31.0 Å². The standard InChI is InChI=1S/C15H21NO2/c1-11-9-13(14(18-3)10-12(11)2)15(17)16-7-5-4-6-8-16/h9-10H,4-8H2,1-3H3. The van der Waals surface area contributed by atoms with Gasteiger partial charge in [0.2, 0.25) is 0 Å². The van der Waals surface area contributed by atoms with Gasteiger partial charge in [0.1, 0.15) is 5.75 Å². The number of hydrogen-bond acceptors (Lipinski definition) is 2. The van der Waals surface area contributed by atoms with Gasteiger partial charge in [-0.15, -0.1) is 0 Å². The quantitative estimate of drug-likeness (QED) is 0.804. The molecule has 98 valence electrons. The SMILES string of the molecule is COc1cc(C)c(C)cc1C(=O)N1CCCCC1. The Hall–Kier alpha value is -1.51. The van der Waals surface area contributed by atoms with Crippen LogP contribution in [-0.2, 0) is 0 Å². The van der Waals surface area contributed by atoms with E-state index in [1.54, 1.807) is 7.11 Å². The first-order valence-electron chi connectivity index (χ1n) is 6.58. The minimum atomic E-state index is 0.106. The summed E-state index contributed by atoms with van der Waals surface area (Å²) in [5.74, 6) is 0.795. The molecular formula is C15H21NO2. The summed E-state index contributed by atoms with van der Waals surface area (Å²) in [5, 5.41) is 0. The summed E-state index contributed by atoms with van der Waals surface area (Å²) >= 11 is 0. The molecule has 1 aromatic rings. The van der Waals surface area contributed by atoms with E-state index in [9.17, 15) is 4.79 Å². The third-order valence-corrected chi connectivity index (χ3v) is 3.69. The van der Waals surface area contributed by atoms with Crippen LogP contribution in [0.2, 0.25) is 0 Å². The highest BCUT2D eigenvalue weighted by molar-refractivity contribution is 5.97. The van der Waals surface area contributed by atoms with E-state index >= 15 is 0 Å². The Labute approximate surface area is 109 Å². The average molecular weight is 247 g/mol. The second-order valence-corrected chi connectivity index (χ2v) is 4.99. The van der Waals surface area contributed by atoms with Crippen molar-refractivity contribution in [3.63, 3.8) is 0 Å². The van der Waals surface area contributed by atoms with Crippen molar-refractivity contribution in [1.82, 2.24) is 4.90 Å². The summed E-state index contributed by atoms with van der Waals surface area (Å²) in [4.78, 5) is 14.4. The van der Waals surface area contributed by atoms with Crippen molar-refractivity contribution < 1.29 is 9.53 Å². The molecule has 0 N–H and O–H groups in total. The molecule has 0 spiro atoms. The summed E-state index contributed by atoms with van der Waals surface area (Å²) < 4.78 is 5.35. The Morgan fingerprint density at radius 3 is 2.33 bits per heavy atom. The molecule has 0 unspecified atom stereocenters. The number of rotatable bonds is 2. The molecule has 2 rings (SSSR count). The predicted molar refractivity (Wildman–Crippen MR) is 72.2 cm³/mol. The van der Waals surface area contributed by atoms with Crippen molar-refractivity contribution in [2.45, 2.75) is 33.1 Å². The molecule has 1 saturated heterocycles. The van der Waals surface area contributed by atoms with Crippen molar-refractivity contribution >= 4 is 5.91 Å².